The Morgan fingerprint density at radius 1 is 0.938 bits per heavy atom. The van der Waals surface area contributed by atoms with Crippen molar-refractivity contribution in [3.8, 4) is 22.9 Å². The second kappa shape index (κ2) is 9.78. The van der Waals surface area contributed by atoms with Crippen molar-refractivity contribution in [1.82, 2.24) is 10.1 Å². The van der Waals surface area contributed by atoms with Gasteiger partial charge in [-0.3, -0.25) is 4.79 Å². The Bertz CT molecular complexity index is 1200. The van der Waals surface area contributed by atoms with Crippen LogP contribution in [-0.2, 0) is 11.4 Å². The van der Waals surface area contributed by atoms with Crippen molar-refractivity contribution in [3.05, 3.63) is 89.8 Å². The van der Waals surface area contributed by atoms with E-state index in [9.17, 15) is 4.79 Å². The fourth-order valence-corrected chi connectivity index (χ4v) is 3.02. The van der Waals surface area contributed by atoms with E-state index in [4.69, 9.17) is 14.0 Å². The van der Waals surface area contributed by atoms with Gasteiger partial charge < -0.3 is 19.3 Å². The van der Waals surface area contributed by atoms with Gasteiger partial charge in [0.05, 0.1) is 5.56 Å². The van der Waals surface area contributed by atoms with Crippen LogP contribution in [0, 0.1) is 13.8 Å². The molecule has 0 bridgehead atoms. The first-order chi connectivity index (χ1) is 15.6. The molecule has 7 heteroatoms. The molecule has 4 aromatic rings. The number of carbonyl (C=O) groups excluding carboxylic acids is 1. The number of rotatable bonds is 8. The molecular weight excluding hydrogens is 406 g/mol. The molecule has 0 aliphatic carbocycles. The number of carbonyl (C=O) groups is 1. The summed E-state index contributed by atoms with van der Waals surface area (Å²) in [6.45, 7) is 3.95. The summed E-state index contributed by atoms with van der Waals surface area (Å²) in [6, 6.07) is 22.5. The molecule has 1 amide bonds. The molecule has 0 unspecified atom stereocenters. The van der Waals surface area contributed by atoms with Crippen LogP contribution in [0.25, 0.3) is 11.4 Å². The Hall–Kier alpha value is -4.13. The summed E-state index contributed by atoms with van der Waals surface area (Å²) in [5.41, 5.74) is 3.52. The largest absolute Gasteiger partial charge is 0.484 e. The van der Waals surface area contributed by atoms with E-state index in [-0.39, 0.29) is 19.1 Å². The summed E-state index contributed by atoms with van der Waals surface area (Å²) in [4.78, 5) is 16.7. The Kier molecular flexibility index (Phi) is 6.46. The number of benzene rings is 3. The summed E-state index contributed by atoms with van der Waals surface area (Å²) in [6.07, 6.45) is 0. The number of nitrogens with zero attached hydrogens (tertiary/aromatic N) is 2. The number of ether oxygens (including phenoxy) is 2. The summed E-state index contributed by atoms with van der Waals surface area (Å²) in [7, 11) is 0. The fourth-order valence-electron chi connectivity index (χ4n) is 3.02. The third kappa shape index (κ3) is 5.31. The highest BCUT2D eigenvalue weighted by molar-refractivity contribution is 5.92. The Morgan fingerprint density at radius 2 is 1.69 bits per heavy atom. The highest BCUT2D eigenvalue weighted by Crippen LogP contribution is 2.28. The minimum absolute atomic E-state index is 0.146. The maximum absolute atomic E-state index is 12.3. The van der Waals surface area contributed by atoms with Crippen LogP contribution in [0.3, 0.4) is 0 Å². The molecule has 0 saturated carbocycles. The number of hydrogen-bond acceptors (Lipinski definition) is 6. The zero-order chi connectivity index (χ0) is 22.3. The molecule has 3 aromatic carbocycles. The monoisotopic (exact) mass is 429 g/mol. The SMILES string of the molecule is Cc1ccc(OCc2nc(-c3ccccc3OCC(=O)Nc3ccccc3C)no2)cc1. The molecule has 32 heavy (non-hydrogen) atoms. The molecule has 0 atom stereocenters. The molecule has 7 nitrogen and oxygen atoms in total. The Morgan fingerprint density at radius 3 is 2.50 bits per heavy atom. The van der Waals surface area contributed by atoms with Crippen molar-refractivity contribution in [1.29, 1.82) is 0 Å². The molecule has 0 aliphatic heterocycles. The van der Waals surface area contributed by atoms with E-state index in [0.29, 0.717) is 23.0 Å². The van der Waals surface area contributed by atoms with Crippen LogP contribution in [0.1, 0.15) is 17.0 Å². The number of anilines is 1. The predicted octanol–water partition coefficient (Wildman–Crippen LogP) is 4.95. The second-order valence-electron chi connectivity index (χ2n) is 7.26. The quantitative estimate of drug-likeness (QED) is 0.426. The minimum Gasteiger partial charge on any atom is -0.484 e. The van der Waals surface area contributed by atoms with Crippen molar-refractivity contribution in [3.63, 3.8) is 0 Å². The number of nitrogens with one attached hydrogen (secondary N) is 1. The Labute approximate surface area is 186 Å². The zero-order valence-electron chi connectivity index (χ0n) is 17.9. The molecular formula is C25H23N3O4. The van der Waals surface area contributed by atoms with Crippen LogP contribution in [0.15, 0.2) is 77.3 Å². The number of aromatic nitrogens is 2. The van der Waals surface area contributed by atoms with Crippen LogP contribution in [0.2, 0.25) is 0 Å². The third-order valence-corrected chi connectivity index (χ3v) is 4.76. The van der Waals surface area contributed by atoms with Crippen LogP contribution in [0.4, 0.5) is 5.69 Å². The fraction of sp³-hybridized carbons (Fsp3) is 0.160. The smallest absolute Gasteiger partial charge is 0.264 e. The van der Waals surface area contributed by atoms with Crippen molar-refractivity contribution in [2.75, 3.05) is 11.9 Å². The molecule has 0 radical (unpaired) electrons. The normalized spacial score (nSPS) is 10.6. The number of amides is 1. The van der Waals surface area contributed by atoms with Gasteiger partial charge in [0.2, 0.25) is 5.82 Å². The molecule has 1 N–H and O–H groups in total. The first kappa shape index (κ1) is 21.1. The van der Waals surface area contributed by atoms with Crippen molar-refractivity contribution in [2.45, 2.75) is 20.5 Å². The van der Waals surface area contributed by atoms with E-state index >= 15 is 0 Å². The average molecular weight is 429 g/mol. The first-order valence-electron chi connectivity index (χ1n) is 10.2. The van der Waals surface area contributed by atoms with Gasteiger partial charge in [-0.05, 0) is 49.7 Å². The van der Waals surface area contributed by atoms with Crippen LogP contribution >= 0.6 is 0 Å². The van der Waals surface area contributed by atoms with E-state index in [1.807, 2.05) is 80.6 Å². The number of hydrogen-bond donors (Lipinski definition) is 1. The van der Waals surface area contributed by atoms with Gasteiger partial charge in [0.15, 0.2) is 13.2 Å². The molecule has 0 fully saturated rings. The lowest BCUT2D eigenvalue weighted by atomic mass is 10.2. The number of aryl methyl sites for hydroxylation is 2. The van der Waals surface area contributed by atoms with Crippen LogP contribution < -0.4 is 14.8 Å². The summed E-state index contributed by atoms with van der Waals surface area (Å²) >= 11 is 0. The predicted molar refractivity (Wildman–Crippen MR) is 121 cm³/mol. The van der Waals surface area contributed by atoms with Crippen LogP contribution in [0.5, 0.6) is 11.5 Å². The molecule has 0 aliphatic rings. The average Bonchev–Trinajstić information content (AvgIpc) is 3.28. The van der Waals surface area contributed by atoms with Gasteiger partial charge in [-0.1, -0.05) is 53.2 Å². The second-order valence-corrected chi connectivity index (χ2v) is 7.26. The van der Waals surface area contributed by atoms with E-state index < -0.39 is 0 Å². The van der Waals surface area contributed by atoms with Gasteiger partial charge in [0.1, 0.15) is 11.5 Å². The lowest BCUT2D eigenvalue weighted by Gasteiger charge is -2.11. The van der Waals surface area contributed by atoms with Crippen molar-refractivity contribution in [2.24, 2.45) is 0 Å². The summed E-state index contributed by atoms with van der Waals surface area (Å²) in [5, 5.41) is 6.88. The van der Waals surface area contributed by atoms with Gasteiger partial charge in [-0.25, -0.2) is 0 Å². The lowest BCUT2D eigenvalue weighted by molar-refractivity contribution is -0.118. The highest BCUT2D eigenvalue weighted by atomic mass is 16.5. The minimum atomic E-state index is -0.255. The first-order valence-corrected chi connectivity index (χ1v) is 10.2. The Balaban J connectivity index is 1.39. The van der Waals surface area contributed by atoms with Gasteiger partial charge in [-0.2, -0.15) is 4.98 Å². The van der Waals surface area contributed by atoms with Gasteiger partial charge in [0.25, 0.3) is 11.8 Å². The van der Waals surface area contributed by atoms with Gasteiger partial charge in [-0.15, -0.1) is 0 Å². The van der Waals surface area contributed by atoms with E-state index in [1.54, 1.807) is 6.07 Å². The zero-order valence-corrected chi connectivity index (χ0v) is 17.9. The summed E-state index contributed by atoms with van der Waals surface area (Å²) < 4.78 is 16.8. The number of para-hydroxylation sites is 2. The maximum atomic E-state index is 12.3. The molecule has 0 spiro atoms. The van der Waals surface area contributed by atoms with E-state index in [0.717, 1.165) is 22.6 Å². The van der Waals surface area contributed by atoms with E-state index in [1.165, 1.54) is 0 Å². The van der Waals surface area contributed by atoms with Crippen LogP contribution in [-0.4, -0.2) is 22.7 Å². The third-order valence-electron chi connectivity index (χ3n) is 4.76. The highest BCUT2D eigenvalue weighted by Gasteiger charge is 2.15. The topological polar surface area (TPSA) is 86.5 Å². The van der Waals surface area contributed by atoms with E-state index in [2.05, 4.69) is 15.5 Å². The summed E-state index contributed by atoms with van der Waals surface area (Å²) in [5.74, 6) is 1.66. The van der Waals surface area contributed by atoms with Gasteiger partial charge >= 0.3 is 0 Å². The molecule has 4 rings (SSSR count). The maximum Gasteiger partial charge on any atom is 0.264 e. The van der Waals surface area contributed by atoms with Crippen molar-refractivity contribution >= 4 is 11.6 Å². The molecule has 1 aromatic heterocycles. The molecule has 1 heterocycles. The standard InChI is InChI=1S/C25H23N3O4/c1-17-11-13-19(14-12-17)30-16-24-27-25(28-32-24)20-8-4-6-10-22(20)31-15-23(29)26-21-9-5-3-7-18(21)2/h3-14H,15-16H2,1-2H3,(H,26,29). The van der Waals surface area contributed by atoms with Crippen molar-refractivity contribution < 1.29 is 18.8 Å². The lowest BCUT2D eigenvalue weighted by Crippen LogP contribution is -2.20. The molecule has 162 valence electrons. The molecule has 0 saturated heterocycles. The van der Waals surface area contributed by atoms with Gasteiger partial charge in [0, 0.05) is 5.69 Å².